The van der Waals surface area contributed by atoms with E-state index < -0.39 is 6.10 Å². The van der Waals surface area contributed by atoms with Crippen molar-refractivity contribution in [3.05, 3.63) is 48.0 Å². The molecule has 0 spiro atoms. The minimum absolute atomic E-state index is 0.184. The van der Waals surface area contributed by atoms with Crippen molar-refractivity contribution in [3.63, 3.8) is 0 Å². The normalized spacial score (nSPS) is 12.4. The number of halogens is 1. The average Bonchev–Trinajstić information content (AvgIpc) is 2.94. The number of hydrogen-bond acceptors (Lipinski definition) is 3. The summed E-state index contributed by atoms with van der Waals surface area (Å²) in [6.45, 7) is 4.20. The van der Waals surface area contributed by atoms with Crippen LogP contribution in [0.15, 0.2) is 36.5 Å². The highest BCUT2D eigenvalue weighted by molar-refractivity contribution is 5.92. The second kappa shape index (κ2) is 7.17. The van der Waals surface area contributed by atoms with Gasteiger partial charge in [0.15, 0.2) is 5.69 Å². The van der Waals surface area contributed by atoms with Gasteiger partial charge in [0.1, 0.15) is 5.82 Å². The zero-order chi connectivity index (χ0) is 16.1. The molecule has 0 radical (unpaired) electrons. The number of nitrogens with zero attached hydrogens (tertiary/aromatic N) is 2. The summed E-state index contributed by atoms with van der Waals surface area (Å²) in [7, 11) is 0. The van der Waals surface area contributed by atoms with Gasteiger partial charge in [0.25, 0.3) is 5.91 Å². The third-order valence-electron chi connectivity index (χ3n) is 3.14. The van der Waals surface area contributed by atoms with Crippen LogP contribution in [0.2, 0.25) is 0 Å². The summed E-state index contributed by atoms with van der Waals surface area (Å²) < 4.78 is 14.6. The van der Waals surface area contributed by atoms with E-state index in [4.69, 9.17) is 0 Å². The molecule has 0 aliphatic rings. The second-order valence-corrected chi connectivity index (χ2v) is 5.62. The van der Waals surface area contributed by atoms with Crippen molar-refractivity contribution in [2.75, 3.05) is 6.54 Å². The Labute approximate surface area is 128 Å². The SMILES string of the molecule is CC(C)CC(O)CNC(=O)c1ccn(-c2cccc(F)c2)n1. The Morgan fingerprint density at radius 3 is 2.86 bits per heavy atom. The summed E-state index contributed by atoms with van der Waals surface area (Å²) in [5.74, 6) is -0.368. The number of aliphatic hydroxyl groups is 1. The van der Waals surface area contributed by atoms with Gasteiger partial charge in [0.05, 0.1) is 11.8 Å². The first-order valence-corrected chi connectivity index (χ1v) is 7.23. The van der Waals surface area contributed by atoms with Crippen molar-refractivity contribution in [1.82, 2.24) is 15.1 Å². The van der Waals surface area contributed by atoms with Crippen LogP contribution in [-0.4, -0.2) is 33.4 Å². The van der Waals surface area contributed by atoms with Crippen LogP contribution in [0.25, 0.3) is 5.69 Å². The predicted octanol–water partition coefficient (Wildman–Crippen LogP) is 2.15. The van der Waals surface area contributed by atoms with E-state index in [1.54, 1.807) is 24.4 Å². The lowest BCUT2D eigenvalue weighted by molar-refractivity contribution is 0.0895. The maximum absolute atomic E-state index is 13.2. The van der Waals surface area contributed by atoms with Crippen LogP contribution in [0.3, 0.4) is 0 Å². The summed E-state index contributed by atoms with van der Waals surface area (Å²) in [4.78, 5) is 12.0. The third-order valence-corrected chi connectivity index (χ3v) is 3.14. The number of hydrogen-bond donors (Lipinski definition) is 2. The zero-order valence-electron chi connectivity index (χ0n) is 12.7. The highest BCUT2D eigenvalue weighted by atomic mass is 19.1. The van der Waals surface area contributed by atoms with Crippen molar-refractivity contribution < 1.29 is 14.3 Å². The zero-order valence-corrected chi connectivity index (χ0v) is 12.7. The molecule has 2 aromatic rings. The van der Waals surface area contributed by atoms with Crippen LogP contribution in [0.4, 0.5) is 4.39 Å². The van der Waals surface area contributed by atoms with Gasteiger partial charge in [0.2, 0.25) is 0 Å². The smallest absolute Gasteiger partial charge is 0.271 e. The van der Waals surface area contributed by atoms with Gasteiger partial charge >= 0.3 is 0 Å². The molecular weight excluding hydrogens is 285 g/mol. The van der Waals surface area contributed by atoms with Crippen molar-refractivity contribution in [1.29, 1.82) is 0 Å². The number of carbonyl (C=O) groups excluding carboxylic acids is 1. The molecule has 1 unspecified atom stereocenters. The number of amides is 1. The Bertz CT molecular complexity index is 640. The van der Waals surface area contributed by atoms with E-state index in [0.29, 0.717) is 18.0 Å². The largest absolute Gasteiger partial charge is 0.391 e. The van der Waals surface area contributed by atoms with E-state index >= 15 is 0 Å². The molecule has 1 heterocycles. The fourth-order valence-corrected chi connectivity index (χ4v) is 2.14. The minimum Gasteiger partial charge on any atom is -0.391 e. The first kappa shape index (κ1) is 16.2. The molecule has 1 aromatic heterocycles. The number of carbonyl (C=O) groups is 1. The van der Waals surface area contributed by atoms with Crippen LogP contribution in [0, 0.1) is 11.7 Å². The van der Waals surface area contributed by atoms with Crippen molar-refractivity contribution >= 4 is 5.91 Å². The van der Waals surface area contributed by atoms with Gasteiger partial charge in [0, 0.05) is 12.7 Å². The highest BCUT2D eigenvalue weighted by Crippen LogP contribution is 2.09. The number of aromatic nitrogens is 2. The Kier molecular flexibility index (Phi) is 5.27. The standard InChI is InChI=1S/C16H20FN3O2/c1-11(2)8-14(21)10-18-16(22)15-6-7-20(19-15)13-5-3-4-12(17)9-13/h3-7,9,11,14,21H,8,10H2,1-2H3,(H,18,22). The first-order chi connectivity index (χ1) is 10.5. The molecule has 6 heteroatoms. The maximum atomic E-state index is 13.2. The van der Waals surface area contributed by atoms with Gasteiger partial charge in [-0.15, -0.1) is 0 Å². The average molecular weight is 305 g/mol. The van der Waals surface area contributed by atoms with Gasteiger partial charge in [-0.1, -0.05) is 19.9 Å². The van der Waals surface area contributed by atoms with E-state index in [-0.39, 0.29) is 24.0 Å². The molecule has 2 rings (SSSR count). The van der Waals surface area contributed by atoms with Gasteiger partial charge < -0.3 is 10.4 Å². The number of nitrogens with one attached hydrogen (secondary N) is 1. The molecule has 0 fully saturated rings. The molecule has 5 nitrogen and oxygen atoms in total. The minimum atomic E-state index is -0.575. The van der Waals surface area contributed by atoms with Crippen molar-refractivity contribution in [2.24, 2.45) is 5.92 Å². The molecule has 1 aromatic carbocycles. The Morgan fingerprint density at radius 1 is 1.41 bits per heavy atom. The maximum Gasteiger partial charge on any atom is 0.271 e. The van der Waals surface area contributed by atoms with E-state index in [1.807, 2.05) is 13.8 Å². The van der Waals surface area contributed by atoms with Crippen LogP contribution < -0.4 is 5.32 Å². The summed E-state index contributed by atoms with van der Waals surface area (Å²) in [5.41, 5.74) is 0.764. The molecular formula is C16H20FN3O2. The molecule has 2 N–H and O–H groups in total. The van der Waals surface area contributed by atoms with Crippen LogP contribution >= 0.6 is 0 Å². The Balaban J connectivity index is 1.97. The lowest BCUT2D eigenvalue weighted by Gasteiger charge is -2.13. The third kappa shape index (κ3) is 4.39. The predicted molar refractivity (Wildman–Crippen MR) is 81.3 cm³/mol. The topological polar surface area (TPSA) is 67.2 Å². The Hall–Kier alpha value is -2.21. The molecule has 0 saturated heterocycles. The summed E-state index contributed by atoms with van der Waals surface area (Å²) in [6.07, 6.45) is 1.64. The van der Waals surface area contributed by atoms with Gasteiger partial charge in [-0.3, -0.25) is 4.79 Å². The fraction of sp³-hybridized carbons (Fsp3) is 0.375. The van der Waals surface area contributed by atoms with Gasteiger partial charge in [-0.2, -0.15) is 5.10 Å². The van der Waals surface area contributed by atoms with Crippen LogP contribution in [0.1, 0.15) is 30.8 Å². The number of rotatable bonds is 6. The van der Waals surface area contributed by atoms with E-state index in [9.17, 15) is 14.3 Å². The quantitative estimate of drug-likeness (QED) is 0.859. The van der Waals surface area contributed by atoms with Crippen molar-refractivity contribution in [3.8, 4) is 5.69 Å². The second-order valence-electron chi connectivity index (χ2n) is 5.62. The van der Waals surface area contributed by atoms with Gasteiger partial charge in [-0.25, -0.2) is 9.07 Å². The fourth-order valence-electron chi connectivity index (χ4n) is 2.14. The van der Waals surface area contributed by atoms with E-state index in [0.717, 1.165) is 0 Å². The summed E-state index contributed by atoms with van der Waals surface area (Å²) >= 11 is 0. The van der Waals surface area contributed by atoms with Gasteiger partial charge in [-0.05, 0) is 36.6 Å². The molecule has 1 amide bonds. The number of benzene rings is 1. The molecule has 1 atom stereocenters. The monoisotopic (exact) mass is 305 g/mol. The molecule has 118 valence electrons. The molecule has 22 heavy (non-hydrogen) atoms. The molecule has 0 saturated carbocycles. The van der Waals surface area contributed by atoms with E-state index in [2.05, 4.69) is 10.4 Å². The summed E-state index contributed by atoms with van der Waals surface area (Å²) in [5, 5.41) is 16.5. The number of aliphatic hydroxyl groups excluding tert-OH is 1. The molecule has 0 bridgehead atoms. The Morgan fingerprint density at radius 2 is 2.18 bits per heavy atom. The lowest BCUT2D eigenvalue weighted by atomic mass is 10.1. The van der Waals surface area contributed by atoms with Crippen LogP contribution in [-0.2, 0) is 0 Å². The molecule has 0 aliphatic carbocycles. The summed E-state index contributed by atoms with van der Waals surface area (Å²) in [6, 6.07) is 7.51. The highest BCUT2D eigenvalue weighted by Gasteiger charge is 2.13. The molecule has 0 aliphatic heterocycles. The lowest BCUT2D eigenvalue weighted by Crippen LogP contribution is -2.33. The first-order valence-electron chi connectivity index (χ1n) is 7.23. The van der Waals surface area contributed by atoms with Crippen LogP contribution in [0.5, 0.6) is 0 Å². The van der Waals surface area contributed by atoms with Crippen molar-refractivity contribution in [2.45, 2.75) is 26.4 Å². The van der Waals surface area contributed by atoms with E-state index in [1.165, 1.54) is 16.8 Å².